The molecule has 0 aliphatic heterocycles. The Morgan fingerprint density at radius 2 is 1.55 bits per heavy atom. The number of hydrogen-bond donors (Lipinski definition) is 2. The summed E-state index contributed by atoms with van der Waals surface area (Å²) in [4.78, 5) is 33.5. The van der Waals surface area contributed by atoms with Crippen molar-refractivity contribution in [3.05, 3.63) is 63.1 Å². The predicted octanol–water partition coefficient (Wildman–Crippen LogP) is 2.93. The maximum atomic E-state index is 11.8. The minimum Gasteiger partial charge on any atom is -0.318 e. The molecular formula is C14H10BrN3O4. The van der Waals surface area contributed by atoms with Crippen molar-refractivity contribution >= 4 is 44.8 Å². The van der Waals surface area contributed by atoms with E-state index in [0.717, 1.165) is 0 Å². The molecule has 8 heteroatoms. The molecule has 0 spiro atoms. The van der Waals surface area contributed by atoms with Crippen molar-refractivity contribution < 1.29 is 14.5 Å². The SMILES string of the molecule is O=C(Nc1ccc([N+](=O)[O-])cc1)C(=O)Nc1ccccc1Br. The zero-order valence-electron chi connectivity index (χ0n) is 11.1. The van der Waals surface area contributed by atoms with Gasteiger partial charge in [-0.15, -0.1) is 0 Å². The lowest BCUT2D eigenvalue weighted by molar-refractivity contribution is -0.384. The van der Waals surface area contributed by atoms with E-state index in [-0.39, 0.29) is 11.4 Å². The Kier molecular flexibility index (Phi) is 4.84. The first-order valence-electron chi connectivity index (χ1n) is 6.08. The van der Waals surface area contributed by atoms with E-state index in [1.807, 2.05) is 0 Å². The molecule has 7 nitrogen and oxygen atoms in total. The molecule has 2 N–H and O–H groups in total. The van der Waals surface area contributed by atoms with Gasteiger partial charge in [0.15, 0.2) is 0 Å². The standard InChI is InChI=1S/C14H10BrN3O4/c15-11-3-1-2-4-12(11)17-14(20)13(19)16-9-5-7-10(8-6-9)18(21)22/h1-8H,(H,16,19)(H,17,20). The van der Waals surface area contributed by atoms with Gasteiger partial charge in [-0.2, -0.15) is 0 Å². The van der Waals surface area contributed by atoms with Gasteiger partial charge >= 0.3 is 11.8 Å². The quantitative estimate of drug-likeness (QED) is 0.497. The number of para-hydroxylation sites is 1. The molecule has 22 heavy (non-hydrogen) atoms. The lowest BCUT2D eigenvalue weighted by atomic mass is 10.3. The monoisotopic (exact) mass is 363 g/mol. The molecule has 0 aliphatic carbocycles. The van der Waals surface area contributed by atoms with Crippen molar-refractivity contribution in [2.75, 3.05) is 10.6 Å². The summed E-state index contributed by atoms with van der Waals surface area (Å²) in [5, 5.41) is 15.3. The summed E-state index contributed by atoms with van der Waals surface area (Å²) in [5.74, 6) is -1.71. The minimum atomic E-state index is -0.871. The molecule has 0 saturated heterocycles. The van der Waals surface area contributed by atoms with Crippen LogP contribution in [0, 0.1) is 10.1 Å². The number of amides is 2. The highest BCUT2D eigenvalue weighted by atomic mass is 79.9. The molecule has 0 aromatic heterocycles. The molecule has 0 radical (unpaired) electrons. The van der Waals surface area contributed by atoms with Crippen molar-refractivity contribution in [2.45, 2.75) is 0 Å². The molecule has 2 rings (SSSR count). The summed E-state index contributed by atoms with van der Waals surface area (Å²) in [6, 6.07) is 12.0. The van der Waals surface area contributed by atoms with E-state index >= 15 is 0 Å². The first-order valence-corrected chi connectivity index (χ1v) is 6.88. The van der Waals surface area contributed by atoms with Crippen LogP contribution in [0.2, 0.25) is 0 Å². The first-order chi connectivity index (χ1) is 10.5. The largest absolute Gasteiger partial charge is 0.318 e. The Hall–Kier alpha value is -2.74. The number of nitrogens with zero attached hydrogens (tertiary/aromatic N) is 1. The highest BCUT2D eigenvalue weighted by Crippen LogP contribution is 2.21. The van der Waals surface area contributed by atoms with Crippen molar-refractivity contribution in [1.82, 2.24) is 0 Å². The number of carbonyl (C=O) groups is 2. The number of carbonyl (C=O) groups excluding carboxylic acids is 2. The van der Waals surface area contributed by atoms with Gasteiger partial charge in [0.1, 0.15) is 0 Å². The minimum absolute atomic E-state index is 0.101. The molecule has 2 aromatic rings. The van der Waals surface area contributed by atoms with E-state index in [4.69, 9.17) is 0 Å². The molecule has 0 fully saturated rings. The number of nitrogens with one attached hydrogen (secondary N) is 2. The van der Waals surface area contributed by atoms with E-state index in [2.05, 4.69) is 26.6 Å². The molecule has 112 valence electrons. The summed E-state index contributed by atoms with van der Waals surface area (Å²) < 4.78 is 0.645. The average Bonchev–Trinajstić information content (AvgIpc) is 2.50. The normalized spacial score (nSPS) is 9.86. The van der Waals surface area contributed by atoms with Gasteiger partial charge in [0.05, 0.1) is 10.6 Å². The second-order valence-corrected chi connectivity index (χ2v) is 5.05. The van der Waals surface area contributed by atoms with E-state index in [1.165, 1.54) is 24.3 Å². The number of non-ortho nitro benzene ring substituents is 1. The highest BCUT2D eigenvalue weighted by Gasteiger charge is 2.15. The lowest BCUT2D eigenvalue weighted by Crippen LogP contribution is -2.29. The second kappa shape index (κ2) is 6.81. The molecule has 0 heterocycles. The van der Waals surface area contributed by atoms with Crippen LogP contribution in [0.5, 0.6) is 0 Å². The van der Waals surface area contributed by atoms with Crippen LogP contribution in [0.25, 0.3) is 0 Å². The predicted molar refractivity (Wildman–Crippen MR) is 84.5 cm³/mol. The van der Waals surface area contributed by atoms with Gasteiger partial charge in [0.25, 0.3) is 5.69 Å². The Bertz CT molecular complexity index is 731. The van der Waals surface area contributed by atoms with Crippen LogP contribution in [0.4, 0.5) is 17.1 Å². The van der Waals surface area contributed by atoms with Crippen LogP contribution in [0.1, 0.15) is 0 Å². The smallest absolute Gasteiger partial charge is 0.314 e. The number of rotatable bonds is 3. The van der Waals surface area contributed by atoms with Gasteiger partial charge in [-0.25, -0.2) is 0 Å². The number of anilines is 2. The summed E-state index contributed by atoms with van der Waals surface area (Å²) >= 11 is 3.25. The Labute approximate surface area is 133 Å². The second-order valence-electron chi connectivity index (χ2n) is 4.19. The molecular weight excluding hydrogens is 354 g/mol. The third-order valence-corrected chi connectivity index (χ3v) is 3.36. The fraction of sp³-hybridized carbons (Fsp3) is 0. The van der Waals surface area contributed by atoms with Gasteiger partial charge in [-0.3, -0.25) is 19.7 Å². The lowest BCUT2D eigenvalue weighted by Gasteiger charge is -2.07. The number of benzene rings is 2. The van der Waals surface area contributed by atoms with Crippen molar-refractivity contribution in [3.8, 4) is 0 Å². The number of nitro benzene ring substituents is 1. The van der Waals surface area contributed by atoms with Gasteiger partial charge in [0, 0.05) is 22.3 Å². The third kappa shape index (κ3) is 3.89. The molecule has 0 unspecified atom stereocenters. The van der Waals surface area contributed by atoms with Crippen molar-refractivity contribution in [2.24, 2.45) is 0 Å². The zero-order valence-corrected chi connectivity index (χ0v) is 12.7. The fourth-order valence-corrected chi connectivity index (χ4v) is 1.98. The Morgan fingerprint density at radius 3 is 2.14 bits per heavy atom. The van der Waals surface area contributed by atoms with E-state index in [1.54, 1.807) is 24.3 Å². The maximum absolute atomic E-state index is 11.8. The van der Waals surface area contributed by atoms with E-state index in [0.29, 0.717) is 10.2 Å². The summed E-state index contributed by atoms with van der Waals surface area (Å²) in [5.41, 5.74) is 0.653. The van der Waals surface area contributed by atoms with Crippen molar-refractivity contribution in [1.29, 1.82) is 0 Å². The highest BCUT2D eigenvalue weighted by molar-refractivity contribution is 9.10. The van der Waals surface area contributed by atoms with Crippen LogP contribution >= 0.6 is 15.9 Å². The van der Waals surface area contributed by atoms with E-state index < -0.39 is 16.7 Å². The van der Waals surface area contributed by atoms with Crippen molar-refractivity contribution in [3.63, 3.8) is 0 Å². The van der Waals surface area contributed by atoms with Gasteiger partial charge < -0.3 is 10.6 Å². The van der Waals surface area contributed by atoms with E-state index in [9.17, 15) is 19.7 Å². The Morgan fingerprint density at radius 1 is 0.955 bits per heavy atom. The first kappa shape index (κ1) is 15.6. The van der Waals surface area contributed by atoms with Gasteiger partial charge in [0.2, 0.25) is 0 Å². The summed E-state index contributed by atoms with van der Waals surface area (Å²) in [6.07, 6.45) is 0. The van der Waals surface area contributed by atoms with Crippen LogP contribution in [-0.4, -0.2) is 16.7 Å². The molecule has 2 aromatic carbocycles. The average molecular weight is 364 g/mol. The molecule has 0 aliphatic rings. The number of halogens is 1. The zero-order chi connectivity index (χ0) is 16.1. The molecule has 2 amide bonds. The third-order valence-electron chi connectivity index (χ3n) is 2.66. The van der Waals surface area contributed by atoms with Gasteiger partial charge in [-0.1, -0.05) is 12.1 Å². The number of nitro groups is 1. The summed E-state index contributed by atoms with van der Waals surface area (Å²) in [7, 11) is 0. The van der Waals surface area contributed by atoms with Gasteiger partial charge in [-0.05, 0) is 40.2 Å². The molecule has 0 atom stereocenters. The van der Waals surface area contributed by atoms with Crippen LogP contribution in [-0.2, 0) is 9.59 Å². The summed E-state index contributed by atoms with van der Waals surface area (Å²) in [6.45, 7) is 0. The van der Waals surface area contributed by atoms with Crippen LogP contribution < -0.4 is 10.6 Å². The van der Waals surface area contributed by atoms with Crippen LogP contribution in [0.15, 0.2) is 53.0 Å². The number of hydrogen-bond acceptors (Lipinski definition) is 4. The molecule has 0 saturated carbocycles. The topological polar surface area (TPSA) is 101 Å². The molecule has 0 bridgehead atoms. The Balaban J connectivity index is 2.01. The fourth-order valence-electron chi connectivity index (χ4n) is 1.60. The maximum Gasteiger partial charge on any atom is 0.314 e. The van der Waals surface area contributed by atoms with Crippen LogP contribution in [0.3, 0.4) is 0 Å².